The minimum atomic E-state index is -0.0997. The molecule has 0 aliphatic heterocycles. The molecule has 0 saturated heterocycles. The molecule has 1 heterocycles. The molecule has 4 aliphatic carbocycles. The molecule has 4 saturated carbocycles. The Morgan fingerprint density at radius 2 is 1.96 bits per heavy atom. The summed E-state index contributed by atoms with van der Waals surface area (Å²) >= 11 is 0. The van der Waals surface area contributed by atoms with E-state index in [0.29, 0.717) is 17.1 Å². The van der Waals surface area contributed by atoms with Crippen molar-refractivity contribution < 1.29 is 4.79 Å². The van der Waals surface area contributed by atoms with Gasteiger partial charge in [0.25, 0.3) is 0 Å². The number of H-pyrrole nitrogens is 1. The fraction of sp³-hybridized carbons (Fsp3) is 0.708. The second-order valence-corrected chi connectivity index (χ2v) is 10.2. The van der Waals surface area contributed by atoms with E-state index >= 15 is 0 Å². The number of carbonyl (C=O) groups excluding carboxylic acids is 1. The molecule has 1 aromatic heterocycles. The van der Waals surface area contributed by atoms with E-state index in [0.717, 1.165) is 41.9 Å². The molecule has 0 radical (unpaired) electrons. The SMILES string of the molecule is C[C@]12CCCC[C@H]1CC[C@H]1[C@H]3C/C(=C\c4ccc[nH]4)C(=O)[C@]3(C)CC[C@@H]12. The van der Waals surface area contributed by atoms with E-state index in [1.165, 1.54) is 44.9 Å². The van der Waals surface area contributed by atoms with E-state index in [-0.39, 0.29) is 5.41 Å². The summed E-state index contributed by atoms with van der Waals surface area (Å²) in [5.41, 5.74) is 2.61. The Balaban J connectivity index is 1.47. The van der Waals surface area contributed by atoms with Gasteiger partial charge >= 0.3 is 0 Å². The highest BCUT2D eigenvalue weighted by Gasteiger charge is 2.60. The molecule has 26 heavy (non-hydrogen) atoms. The van der Waals surface area contributed by atoms with Gasteiger partial charge in [0.15, 0.2) is 5.78 Å². The Kier molecular flexibility index (Phi) is 3.78. The Hall–Kier alpha value is -1.31. The van der Waals surface area contributed by atoms with Gasteiger partial charge in [-0.1, -0.05) is 26.7 Å². The third-order valence-electron chi connectivity index (χ3n) is 9.17. The smallest absolute Gasteiger partial charge is 0.165 e. The van der Waals surface area contributed by atoms with Crippen LogP contribution in [0.2, 0.25) is 0 Å². The van der Waals surface area contributed by atoms with Gasteiger partial charge in [-0.05, 0) is 97.8 Å². The predicted molar refractivity (Wildman–Crippen MR) is 106 cm³/mol. The lowest BCUT2D eigenvalue weighted by molar-refractivity contribution is -0.137. The third-order valence-corrected chi connectivity index (χ3v) is 9.17. The zero-order valence-electron chi connectivity index (χ0n) is 16.4. The highest BCUT2D eigenvalue weighted by atomic mass is 16.1. The van der Waals surface area contributed by atoms with Gasteiger partial charge in [0.05, 0.1) is 0 Å². The van der Waals surface area contributed by atoms with Gasteiger partial charge in [-0.2, -0.15) is 0 Å². The van der Waals surface area contributed by atoms with Crippen molar-refractivity contribution in [1.82, 2.24) is 4.98 Å². The van der Waals surface area contributed by atoms with E-state index in [4.69, 9.17) is 0 Å². The normalized spacial score (nSPS) is 46.7. The minimum absolute atomic E-state index is 0.0997. The summed E-state index contributed by atoms with van der Waals surface area (Å²) in [6.07, 6.45) is 16.0. The molecule has 0 aromatic carbocycles. The molecule has 0 unspecified atom stereocenters. The summed E-state index contributed by atoms with van der Waals surface area (Å²) in [7, 11) is 0. The lowest BCUT2D eigenvalue weighted by Gasteiger charge is -2.59. The van der Waals surface area contributed by atoms with Crippen molar-refractivity contribution in [2.45, 2.75) is 71.6 Å². The first-order valence-corrected chi connectivity index (χ1v) is 10.9. The van der Waals surface area contributed by atoms with E-state index in [2.05, 4.69) is 31.0 Å². The van der Waals surface area contributed by atoms with Crippen LogP contribution in [0.25, 0.3) is 6.08 Å². The lowest BCUT2D eigenvalue weighted by Crippen LogP contribution is -2.52. The number of nitrogens with one attached hydrogen (secondary N) is 1. The van der Waals surface area contributed by atoms with Crippen LogP contribution >= 0.6 is 0 Å². The van der Waals surface area contributed by atoms with E-state index in [1.54, 1.807) is 0 Å². The van der Waals surface area contributed by atoms with Crippen LogP contribution in [-0.4, -0.2) is 10.8 Å². The second-order valence-electron chi connectivity index (χ2n) is 10.2. The number of fused-ring (bicyclic) bond motifs is 5. The molecule has 0 amide bonds. The molecule has 4 aliphatic rings. The maximum absolute atomic E-state index is 13.3. The van der Waals surface area contributed by atoms with Crippen LogP contribution in [0, 0.1) is 34.5 Å². The van der Waals surface area contributed by atoms with Crippen LogP contribution in [0.15, 0.2) is 23.9 Å². The number of allylic oxidation sites excluding steroid dienone is 1. The second kappa shape index (κ2) is 5.84. The topological polar surface area (TPSA) is 32.9 Å². The summed E-state index contributed by atoms with van der Waals surface area (Å²) in [5.74, 6) is 3.61. The molecule has 6 atom stereocenters. The van der Waals surface area contributed by atoms with Crippen molar-refractivity contribution in [2.75, 3.05) is 0 Å². The molecule has 1 N–H and O–H groups in total. The Bertz CT molecular complexity index is 731. The summed E-state index contributed by atoms with van der Waals surface area (Å²) in [5, 5.41) is 0. The van der Waals surface area contributed by atoms with Crippen LogP contribution in [0.1, 0.15) is 77.3 Å². The van der Waals surface area contributed by atoms with Crippen molar-refractivity contribution in [3.05, 3.63) is 29.6 Å². The number of ketones is 1. The Labute approximate surface area is 157 Å². The van der Waals surface area contributed by atoms with Gasteiger partial charge in [-0.3, -0.25) is 4.79 Å². The quantitative estimate of drug-likeness (QED) is 0.617. The van der Waals surface area contributed by atoms with Crippen molar-refractivity contribution >= 4 is 11.9 Å². The maximum atomic E-state index is 13.3. The summed E-state index contributed by atoms with van der Waals surface area (Å²) in [6.45, 7) is 4.91. The minimum Gasteiger partial charge on any atom is -0.362 e. The lowest BCUT2D eigenvalue weighted by atomic mass is 9.45. The number of hydrogen-bond donors (Lipinski definition) is 1. The summed E-state index contributed by atoms with van der Waals surface area (Å²) in [4.78, 5) is 16.6. The van der Waals surface area contributed by atoms with Crippen molar-refractivity contribution in [3.8, 4) is 0 Å². The molecular weight excluding hydrogens is 318 g/mol. The number of carbonyl (C=O) groups is 1. The zero-order chi connectivity index (χ0) is 17.9. The molecule has 2 nitrogen and oxygen atoms in total. The maximum Gasteiger partial charge on any atom is 0.165 e. The van der Waals surface area contributed by atoms with Gasteiger partial charge in [-0.15, -0.1) is 0 Å². The first-order chi connectivity index (χ1) is 12.5. The van der Waals surface area contributed by atoms with Gasteiger partial charge in [0.1, 0.15) is 0 Å². The molecule has 0 spiro atoms. The first-order valence-electron chi connectivity index (χ1n) is 10.9. The number of aromatic nitrogens is 1. The molecule has 2 heteroatoms. The summed E-state index contributed by atoms with van der Waals surface area (Å²) < 4.78 is 0. The number of aromatic amines is 1. The number of hydrogen-bond acceptors (Lipinski definition) is 1. The number of rotatable bonds is 1. The highest BCUT2D eigenvalue weighted by molar-refractivity contribution is 6.05. The van der Waals surface area contributed by atoms with Crippen LogP contribution in [0.5, 0.6) is 0 Å². The van der Waals surface area contributed by atoms with Crippen molar-refractivity contribution in [1.29, 1.82) is 0 Å². The number of Topliss-reactive ketones (excluding diaryl/α,β-unsaturated/α-hetero) is 1. The van der Waals surface area contributed by atoms with E-state index in [1.807, 2.05) is 12.3 Å². The van der Waals surface area contributed by atoms with E-state index < -0.39 is 0 Å². The largest absolute Gasteiger partial charge is 0.362 e. The molecule has 4 fully saturated rings. The Morgan fingerprint density at radius 1 is 1.08 bits per heavy atom. The molecule has 140 valence electrons. The fourth-order valence-corrected chi connectivity index (χ4v) is 7.72. The standard InChI is InChI=1S/C24H33NO/c1-23-11-4-3-6-17(23)8-9-19-20(23)10-12-24(2)21(19)15-16(22(24)26)14-18-7-5-13-25-18/h5,7,13-14,17,19-21,25H,3-4,6,8-12,15H2,1-2H3/b16-14+/t17-,19+,20-,21+,23-,24+/m0/s1. The Morgan fingerprint density at radius 3 is 2.77 bits per heavy atom. The summed E-state index contributed by atoms with van der Waals surface area (Å²) in [6, 6.07) is 4.09. The first kappa shape index (κ1) is 16.8. The monoisotopic (exact) mass is 351 g/mol. The zero-order valence-corrected chi connectivity index (χ0v) is 16.4. The van der Waals surface area contributed by atoms with Gasteiger partial charge in [0.2, 0.25) is 0 Å². The molecule has 5 rings (SSSR count). The average Bonchev–Trinajstić information content (AvgIpc) is 3.23. The van der Waals surface area contributed by atoms with Gasteiger partial charge in [-0.25, -0.2) is 0 Å². The van der Waals surface area contributed by atoms with Crippen molar-refractivity contribution in [2.24, 2.45) is 34.5 Å². The molecule has 0 bridgehead atoms. The van der Waals surface area contributed by atoms with Crippen LogP contribution in [0.3, 0.4) is 0 Å². The van der Waals surface area contributed by atoms with Gasteiger partial charge < -0.3 is 4.98 Å². The van der Waals surface area contributed by atoms with Crippen LogP contribution in [-0.2, 0) is 4.79 Å². The van der Waals surface area contributed by atoms with Crippen LogP contribution in [0.4, 0.5) is 0 Å². The van der Waals surface area contributed by atoms with Gasteiger partial charge in [0, 0.05) is 17.3 Å². The van der Waals surface area contributed by atoms with Crippen molar-refractivity contribution in [3.63, 3.8) is 0 Å². The van der Waals surface area contributed by atoms with E-state index in [9.17, 15) is 4.79 Å². The predicted octanol–water partition coefficient (Wildman–Crippen LogP) is 6.01. The fourth-order valence-electron chi connectivity index (χ4n) is 7.72. The third kappa shape index (κ3) is 2.26. The average molecular weight is 352 g/mol. The molecular formula is C24H33NO. The highest BCUT2D eigenvalue weighted by Crippen LogP contribution is 2.66. The van der Waals surface area contributed by atoms with Crippen LogP contribution < -0.4 is 0 Å². The molecule has 1 aromatic rings.